The van der Waals surface area contributed by atoms with Gasteiger partial charge in [-0.2, -0.15) is 0 Å². The van der Waals surface area contributed by atoms with Crippen LogP contribution in [0.25, 0.3) is 0 Å². The molecule has 0 bridgehead atoms. The van der Waals surface area contributed by atoms with Crippen molar-refractivity contribution in [3.8, 4) is 5.75 Å². The first-order valence-electron chi connectivity index (χ1n) is 9.55. The fourth-order valence-corrected chi connectivity index (χ4v) is 4.27. The van der Waals surface area contributed by atoms with Gasteiger partial charge in [0.2, 0.25) is 0 Å². The highest BCUT2D eigenvalue weighted by molar-refractivity contribution is 7.97. The Morgan fingerprint density at radius 2 is 1.96 bits per heavy atom. The average molecular weight is 381 g/mol. The number of hydrogen-bond donors (Lipinski definition) is 1. The summed E-state index contributed by atoms with van der Waals surface area (Å²) in [5.74, 6) is 0.835. The molecule has 2 rings (SSSR count). The first-order chi connectivity index (χ1) is 12.4. The molecule has 1 unspecified atom stereocenters. The van der Waals surface area contributed by atoms with E-state index in [1.165, 1.54) is 0 Å². The maximum Gasteiger partial charge on any atom is 0.406 e. The van der Waals surface area contributed by atoms with Gasteiger partial charge in [-0.15, -0.1) is 0 Å². The van der Waals surface area contributed by atoms with Crippen molar-refractivity contribution in [1.82, 2.24) is 4.31 Å². The molecule has 26 heavy (non-hydrogen) atoms. The van der Waals surface area contributed by atoms with Crippen molar-refractivity contribution < 1.29 is 14.3 Å². The van der Waals surface area contributed by atoms with Crippen molar-refractivity contribution in [3.63, 3.8) is 0 Å². The smallest absolute Gasteiger partial charge is 0.406 e. The minimum Gasteiger partial charge on any atom is -0.487 e. The molecule has 0 fully saturated rings. The number of fused-ring (bicyclic) bond motifs is 1. The highest BCUT2D eigenvalue weighted by Crippen LogP contribution is 2.45. The van der Waals surface area contributed by atoms with Gasteiger partial charge >= 0.3 is 6.09 Å². The molecule has 2 N–H and O–H groups in total. The standard InChI is InChI=1S/C20H32N2O3S/c1-5-7-12-22(13-8-6-2)26-18(24-19(21)23)16-11-9-10-15-14-20(3,4)25-17(15)16/h9-11,18H,5-8,12-14H2,1-4H3,(H2,21,23). The van der Waals surface area contributed by atoms with E-state index in [1.807, 2.05) is 12.1 Å². The summed E-state index contributed by atoms with van der Waals surface area (Å²) >= 11 is 1.55. The molecule has 1 heterocycles. The molecule has 1 amide bonds. The predicted molar refractivity (Wildman–Crippen MR) is 107 cm³/mol. The van der Waals surface area contributed by atoms with E-state index in [4.69, 9.17) is 15.2 Å². The van der Waals surface area contributed by atoms with Crippen molar-refractivity contribution in [1.29, 1.82) is 0 Å². The minimum absolute atomic E-state index is 0.246. The van der Waals surface area contributed by atoms with Crippen molar-refractivity contribution in [2.75, 3.05) is 13.1 Å². The van der Waals surface area contributed by atoms with Gasteiger partial charge in [-0.3, -0.25) is 0 Å². The molecular weight excluding hydrogens is 348 g/mol. The van der Waals surface area contributed by atoms with E-state index >= 15 is 0 Å². The molecule has 0 saturated carbocycles. The van der Waals surface area contributed by atoms with Crippen LogP contribution >= 0.6 is 11.9 Å². The molecule has 0 aromatic heterocycles. The summed E-state index contributed by atoms with van der Waals surface area (Å²) in [6.07, 6.45) is 4.56. The van der Waals surface area contributed by atoms with Gasteiger partial charge in [-0.25, -0.2) is 9.10 Å². The fraction of sp³-hybridized carbons (Fsp3) is 0.650. The predicted octanol–water partition coefficient (Wildman–Crippen LogP) is 5.04. The molecule has 0 radical (unpaired) electrons. The van der Waals surface area contributed by atoms with Crippen LogP contribution in [0, 0.1) is 0 Å². The number of primary amides is 1. The molecule has 1 aromatic rings. The van der Waals surface area contributed by atoms with Gasteiger partial charge in [0.05, 0.1) is 0 Å². The lowest BCUT2D eigenvalue weighted by Gasteiger charge is -2.27. The van der Waals surface area contributed by atoms with Gasteiger partial charge in [-0.05, 0) is 44.2 Å². The zero-order valence-electron chi connectivity index (χ0n) is 16.4. The van der Waals surface area contributed by atoms with Crippen molar-refractivity contribution in [2.24, 2.45) is 5.73 Å². The molecule has 146 valence electrons. The average Bonchev–Trinajstić information content (AvgIpc) is 2.89. The van der Waals surface area contributed by atoms with Gasteiger partial charge in [0.1, 0.15) is 11.4 Å². The maximum absolute atomic E-state index is 11.5. The summed E-state index contributed by atoms with van der Waals surface area (Å²) in [4.78, 5) is 11.5. The Morgan fingerprint density at radius 1 is 1.31 bits per heavy atom. The molecule has 1 aliphatic rings. The highest BCUT2D eigenvalue weighted by atomic mass is 32.2. The summed E-state index contributed by atoms with van der Waals surface area (Å²) < 4.78 is 14.0. The van der Waals surface area contributed by atoms with Crippen LogP contribution in [0.4, 0.5) is 4.79 Å². The molecule has 6 heteroatoms. The molecule has 5 nitrogen and oxygen atoms in total. The number of hydrogen-bond acceptors (Lipinski definition) is 5. The molecule has 0 spiro atoms. The van der Waals surface area contributed by atoms with Gasteiger partial charge in [0.25, 0.3) is 0 Å². The summed E-state index contributed by atoms with van der Waals surface area (Å²) in [6, 6.07) is 6.05. The second-order valence-electron chi connectivity index (χ2n) is 7.38. The summed E-state index contributed by atoms with van der Waals surface area (Å²) in [6.45, 7) is 10.4. The number of carbonyl (C=O) groups is 1. The number of nitrogens with two attached hydrogens (primary N) is 1. The second-order valence-corrected chi connectivity index (χ2v) is 8.54. The van der Waals surface area contributed by atoms with E-state index in [2.05, 4.69) is 38.1 Å². The molecule has 0 aliphatic carbocycles. The van der Waals surface area contributed by atoms with Crippen LogP contribution in [0.1, 0.15) is 69.9 Å². The van der Waals surface area contributed by atoms with Crippen LogP contribution in [0.15, 0.2) is 18.2 Å². The number of ether oxygens (including phenoxy) is 2. The normalized spacial score (nSPS) is 16.2. The lowest BCUT2D eigenvalue weighted by molar-refractivity contribution is 0.126. The van der Waals surface area contributed by atoms with Crippen molar-refractivity contribution in [2.45, 2.75) is 70.8 Å². The van der Waals surface area contributed by atoms with Crippen LogP contribution < -0.4 is 10.5 Å². The molecule has 0 saturated heterocycles. The maximum atomic E-state index is 11.5. The van der Waals surface area contributed by atoms with E-state index in [-0.39, 0.29) is 5.60 Å². The quantitative estimate of drug-likeness (QED) is 0.455. The van der Waals surface area contributed by atoms with Gasteiger partial charge < -0.3 is 15.2 Å². The van der Waals surface area contributed by atoms with E-state index in [1.54, 1.807) is 11.9 Å². The van der Waals surface area contributed by atoms with Gasteiger partial charge in [0.15, 0.2) is 5.44 Å². The van der Waals surface area contributed by atoms with E-state index in [9.17, 15) is 4.79 Å². The number of benzene rings is 1. The van der Waals surface area contributed by atoms with Crippen molar-refractivity contribution in [3.05, 3.63) is 29.3 Å². The number of amides is 1. The third-order valence-electron chi connectivity index (χ3n) is 4.37. The largest absolute Gasteiger partial charge is 0.487 e. The van der Waals surface area contributed by atoms with Crippen LogP contribution in [-0.2, 0) is 11.2 Å². The Morgan fingerprint density at radius 3 is 2.54 bits per heavy atom. The van der Waals surface area contributed by atoms with Crippen LogP contribution in [-0.4, -0.2) is 29.1 Å². The summed E-state index contributed by atoms with van der Waals surface area (Å²) in [5, 5.41) is 0. The molecular formula is C20H32N2O3S. The van der Waals surface area contributed by atoms with E-state index < -0.39 is 11.5 Å². The zero-order valence-corrected chi connectivity index (χ0v) is 17.2. The Hall–Kier alpha value is -1.40. The van der Waals surface area contributed by atoms with Crippen LogP contribution in [0.3, 0.4) is 0 Å². The topological polar surface area (TPSA) is 64.8 Å². The zero-order chi connectivity index (χ0) is 19.2. The Labute approximate surface area is 161 Å². The minimum atomic E-state index is -0.761. The van der Waals surface area contributed by atoms with Crippen LogP contribution in [0.5, 0.6) is 5.75 Å². The lowest BCUT2D eigenvalue weighted by Crippen LogP contribution is -2.26. The molecule has 1 aromatic carbocycles. The SMILES string of the molecule is CCCCN(CCCC)SC(OC(N)=O)c1cccc2c1OC(C)(C)C2. The Bertz CT molecular complexity index is 599. The third-order valence-corrected chi connectivity index (χ3v) is 5.57. The number of para-hydroxylation sites is 1. The third kappa shape index (κ3) is 5.81. The number of nitrogens with zero attached hydrogens (tertiary/aromatic N) is 1. The summed E-state index contributed by atoms with van der Waals surface area (Å²) in [5.41, 5.74) is 6.67. The monoisotopic (exact) mass is 380 g/mol. The van der Waals surface area contributed by atoms with Gasteiger partial charge in [-0.1, -0.05) is 44.9 Å². The summed E-state index contributed by atoms with van der Waals surface area (Å²) in [7, 11) is 0. The van der Waals surface area contributed by atoms with Crippen LogP contribution in [0.2, 0.25) is 0 Å². The van der Waals surface area contributed by atoms with E-state index in [0.717, 1.165) is 62.1 Å². The highest BCUT2D eigenvalue weighted by Gasteiger charge is 2.35. The fourth-order valence-electron chi connectivity index (χ4n) is 3.09. The Kier molecular flexibility index (Phi) is 7.65. The number of rotatable bonds is 10. The van der Waals surface area contributed by atoms with Gasteiger partial charge in [0, 0.05) is 25.1 Å². The number of unbranched alkanes of at least 4 members (excludes halogenated alkanes) is 2. The van der Waals surface area contributed by atoms with E-state index in [0.29, 0.717) is 0 Å². The first kappa shape index (κ1) is 20.9. The number of carbonyl (C=O) groups excluding carboxylic acids is 1. The second kappa shape index (κ2) is 9.51. The first-order valence-corrected chi connectivity index (χ1v) is 10.4. The lowest BCUT2D eigenvalue weighted by atomic mass is 10.0. The molecule has 1 atom stereocenters. The molecule has 1 aliphatic heterocycles. The van der Waals surface area contributed by atoms with Crippen molar-refractivity contribution >= 4 is 18.0 Å². The Balaban J connectivity index is 2.25.